The number of carbonyl (C=O) groups excluding carboxylic acids is 1. The van der Waals surface area contributed by atoms with Gasteiger partial charge in [-0.25, -0.2) is 4.39 Å². The molecule has 132 valence electrons. The lowest BCUT2D eigenvalue weighted by Crippen LogP contribution is -2.43. The Morgan fingerprint density at radius 1 is 1.32 bits per heavy atom. The zero-order chi connectivity index (χ0) is 17.8. The number of hydrogen-bond acceptors (Lipinski definition) is 4. The molecule has 1 fully saturated rings. The molecule has 0 spiro atoms. The van der Waals surface area contributed by atoms with Gasteiger partial charge in [-0.05, 0) is 49.7 Å². The summed E-state index contributed by atoms with van der Waals surface area (Å²) in [4.78, 5) is 19.0. The molecular weight excluding hydrogens is 343 g/mol. The Kier molecular flexibility index (Phi) is 5.53. The number of piperidine rings is 1. The van der Waals surface area contributed by atoms with Crippen LogP contribution >= 0.6 is 11.6 Å². The molecule has 0 radical (unpaired) electrons. The van der Waals surface area contributed by atoms with Gasteiger partial charge in [0.15, 0.2) is 0 Å². The quantitative estimate of drug-likeness (QED) is 0.769. The zero-order valence-electron chi connectivity index (χ0n) is 14.0. The van der Waals surface area contributed by atoms with Crippen LogP contribution in [0.3, 0.4) is 0 Å². The lowest BCUT2D eigenvalue weighted by atomic mass is 9.82. The Hall–Kier alpha value is -2.14. The number of benzene rings is 1. The maximum atomic E-state index is 13.2. The van der Waals surface area contributed by atoms with E-state index in [-0.39, 0.29) is 23.6 Å². The highest BCUT2D eigenvalue weighted by Crippen LogP contribution is 2.35. The number of halogens is 2. The molecule has 1 saturated heterocycles. The van der Waals surface area contributed by atoms with E-state index in [0.717, 1.165) is 11.4 Å². The molecule has 1 aliphatic heterocycles. The van der Waals surface area contributed by atoms with E-state index in [9.17, 15) is 9.18 Å². The van der Waals surface area contributed by atoms with E-state index in [4.69, 9.17) is 16.3 Å². The van der Waals surface area contributed by atoms with Crippen LogP contribution in [-0.2, 0) is 9.53 Å². The predicted octanol–water partition coefficient (Wildman–Crippen LogP) is 4.05. The molecule has 2 atom stereocenters. The molecule has 1 aliphatic rings. The summed E-state index contributed by atoms with van der Waals surface area (Å²) in [5.74, 6) is -0.801. The van der Waals surface area contributed by atoms with E-state index in [1.54, 1.807) is 31.3 Å². The number of hydrogen-bond donors (Lipinski definition) is 0. The van der Waals surface area contributed by atoms with Gasteiger partial charge in [0.1, 0.15) is 5.82 Å². The number of esters is 1. The second-order valence-corrected chi connectivity index (χ2v) is 6.51. The van der Waals surface area contributed by atoms with Gasteiger partial charge < -0.3 is 9.64 Å². The second-order valence-electron chi connectivity index (χ2n) is 6.08. The van der Waals surface area contributed by atoms with Crippen molar-refractivity contribution < 1.29 is 13.9 Å². The highest BCUT2D eigenvalue weighted by Gasteiger charge is 2.37. The summed E-state index contributed by atoms with van der Waals surface area (Å²) in [6, 6.07) is 10.0. The van der Waals surface area contributed by atoms with Gasteiger partial charge in [-0.3, -0.25) is 9.78 Å². The summed E-state index contributed by atoms with van der Waals surface area (Å²) >= 11 is 5.94. The molecule has 0 bridgehead atoms. The third-order valence-corrected chi connectivity index (χ3v) is 4.75. The van der Waals surface area contributed by atoms with Crippen molar-refractivity contribution in [3.05, 3.63) is 59.1 Å². The van der Waals surface area contributed by atoms with Crippen LogP contribution in [0, 0.1) is 11.7 Å². The van der Waals surface area contributed by atoms with Crippen molar-refractivity contribution in [3.63, 3.8) is 0 Å². The van der Waals surface area contributed by atoms with Crippen molar-refractivity contribution in [2.45, 2.75) is 19.3 Å². The van der Waals surface area contributed by atoms with Crippen molar-refractivity contribution in [1.29, 1.82) is 0 Å². The van der Waals surface area contributed by atoms with Gasteiger partial charge in [0, 0.05) is 36.6 Å². The first-order valence-electron chi connectivity index (χ1n) is 8.37. The van der Waals surface area contributed by atoms with E-state index in [0.29, 0.717) is 31.1 Å². The smallest absolute Gasteiger partial charge is 0.309 e. The van der Waals surface area contributed by atoms with E-state index in [1.165, 1.54) is 12.1 Å². The van der Waals surface area contributed by atoms with Gasteiger partial charge in [-0.15, -0.1) is 0 Å². The number of carbonyl (C=O) groups is 1. The Bertz CT molecular complexity index is 721. The number of rotatable bonds is 4. The van der Waals surface area contributed by atoms with Crippen LogP contribution in [0.5, 0.6) is 0 Å². The minimum atomic E-state index is -0.263. The molecular formula is C19H20ClFN2O2. The van der Waals surface area contributed by atoms with Crippen molar-refractivity contribution in [1.82, 2.24) is 4.98 Å². The lowest BCUT2D eigenvalue weighted by molar-refractivity contribution is -0.149. The SMILES string of the molecule is CCOC(=O)C1CCN(c2ccc(F)cc2)CC1c1ccc(Cl)cn1. The summed E-state index contributed by atoms with van der Waals surface area (Å²) in [7, 11) is 0. The average molecular weight is 363 g/mol. The van der Waals surface area contributed by atoms with E-state index in [1.807, 2.05) is 6.07 Å². The number of anilines is 1. The number of ether oxygens (including phenoxy) is 1. The largest absolute Gasteiger partial charge is 0.466 e. The predicted molar refractivity (Wildman–Crippen MR) is 95.3 cm³/mol. The molecule has 25 heavy (non-hydrogen) atoms. The zero-order valence-corrected chi connectivity index (χ0v) is 14.7. The van der Waals surface area contributed by atoms with Gasteiger partial charge >= 0.3 is 5.97 Å². The Morgan fingerprint density at radius 3 is 2.72 bits per heavy atom. The minimum Gasteiger partial charge on any atom is -0.466 e. The van der Waals surface area contributed by atoms with E-state index >= 15 is 0 Å². The Balaban J connectivity index is 1.86. The second kappa shape index (κ2) is 7.83. The Morgan fingerprint density at radius 2 is 2.08 bits per heavy atom. The van der Waals surface area contributed by atoms with Crippen LogP contribution in [0.25, 0.3) is 0 Å². The maximum Gasteiger partial charge on any atom is 0.309 e. The lowest BCUT2D eigenvalue weighted by Gasteiger charge is -2.38. The van der Waals surface area contributed by atoms with Crippen molar-refractivity contribution in [3.8, 4) is 0 Å². The monoisotopic (exact) mass is 362 g/mol. The maximum absolute atomic E-state index is 13.2. The third kappa shape index (κ3) is 4.10. The number of nitrogens with zero attached hydrogens (tertiary/aromatic N) is 2. The van der Waals surface area contributed by atoms with Crippen molar-refractivity contribution in [2.24, 2.45) is 5.92 Å². The molecule has 0 aliphatic carbocycles. The number of pyridine rings is 1. The van der Waals surface area contributed by atoms with Crippen molar-refractivity contribution >= 4 is 23.3 Å². The molecule has 3 rings (SSSR count). The molecule has 2 heterocycles. The third-order valence-electron chi connectivity index (χ3n) is 4.52. The summed E-state index contributed by atoms with van der Waals surface area (Å²) < 4.78 is 18.4. The summed E-state index contributed by atoms with van der Waals surface area (Å²) in [5.41, 5.74) is 1.75. The average Bonchev–Trinajstić information content (AvgIpc) is 2.63. The first-order chi connectivity index (χ1) is 12.1. The fourth-order valence-electron chi connectivity index (χ4n) is 3.28. The molecule has 6 heteroatoms. The van der Waals surface area contributed by atoms with Gasteiger partial charge in [-0.2, -0.15) is 0 Å². The van der Waals surface area contributed by atoms with Crippen LogP contribution in [0.15, 0.2) is 42.6 Å². The van der Waals surface area contributed by atoms with Crippen LogP contribution in [0.2, 0.25) is 5.02 Å². The highest BCUT2D eigenvalue weighted by molar-refractivity contribution is 6.30. The summed E-state index contributed by atoms with van der Waals surface area (Å²) in [6.07, 6.45) is 2.25. The number of aromatic nitrogens is 1. The van der Waals surface area contributed by atoms with Crippen LogP contribution in [0.4, 0.5) is 10.1 Å². The van der Waals surface area contributed by atoms with Gasteiger partial charge in [0.25, 0.3) is 0 Å². The first kappa shape index (κ1) is 17.7. The van der Waals surface area contributed by atoms with E-state index in [2.05, 4.69) is 9.88 Å². The van der Waals surface area contributed by atoms with Crippen LogP contribution in [0.1, 0.15) is 25.0 Å². The van der Waals surface area contributed by atoms with E-state index < -0.39 is 0 Å². The van der Waals surface area contributed by atoms with Gasteiger partial charge in [0.05, 0.1) is 17.5 Å². The van der Waals surface area contributed by atoms with Gasteiger partial charge in [-0.1, -0.05) is 11.6 Å². The minimum absolute atomic E-state index is 0.102. The molecule has 1 aromatic carbocycles. The topological polar surface area (TPSA) is 42.4 Å². The normalized spacial score (nSPS) is 20.4. The van der Waals surface area contributed by atoms with Gasteiger partial charge in [0.2, 0.25) is 0 Å². The molecule has 4 nitrogen and oxygen atoms in total. The van der Waals surface area contributed by atoms with Crippen molar-refractivity contribution in [2.75, 3.05) is 24.6 Å². The van der Waals surface area contributed by atoms with Crippen LogP contribution in [-0.4, -0.2) is 30.6 Å². The highest BCUT2D eigenvalue weighted by atomic mass is 35.5. The standard InChI is InChI=1S/C19H20ClFN2O2/c1-2-25-19(24)16-9-10-23(15-6-4-14(21)5-7-15)12-17(16)18-8-3-13(20)11-22-18/h3-8,11,16-17H,2,9-10,12H2,1H3. The molecule has 0 N–H and O–H groups in total. The molecule has 1 aromatic heterocycles. The Labute approximate surface area is 151 Å². The molecule has 0 amide bonds. The fourth-order valence-corrected chi connectivity index (χ4v) is 3.39. The molecule has 2 aromatic rings. The molecule has 2 unspecified atom stereocenters. The van der Waals surface area contributed by atoms with Crippen LogP contribution < -0.4 is 4.90 Å². The fraction of sp³-hybridized carbons (Fsp3) is 0.368. The molecule has 0 saturated carbocycles. The summed E-state index contributed by atoms with van der Waals surface area (Å²) in [5, 5.41) is 0.558. The summed E-state index contributed by atoms with van der Waals surface area (Å²) in [6.45, 7) is 3.49. The first-order valence-corrected chi connectivity index (χ1v) is 8.75.